The molecule has 1 nitrogen and oxygen atoms in total. The molecule has 0 aromatic rings. The van der Waals surface area contributed by atoms with Crippen LogP contribution in [0.25, 0.3) is 0 Å². The van der Waals surface area contributed by atoms with Crippen LogP contribution in [0.5, 0.6) is 0 Å². The SMILES string of the molecule is CCC1=CCC(P)=CN=C1. The Kier molecular flexibility index (Phi) is 2.82. The molecule has 2 heteroatoms. The molecule has 10 heavy (non-hydrogen) atoms. The first-order chi connectivity index (χ1) is 4.83. The molecule has 0 aromatic carbocycles. The predicted molar refractivity (Wildman–Crippen MR) is 49.3 cm³/mol. The zero-order valence-corrected chi connectivity index (χ0v) is 7.33. The first-order valence-electron chi connectivity index (χ1n) is 3.49. The number of hydrogen-bond acceptors (Lipinski definition) is 1. The van der Waals surface area contributed by atoms with E-state index in [-0.39, 0.29) is 0 Å². The molecule has 0 radical (unpaired) electrons. The van der Waals surface area contributed by atoms with Gasteiger partial charge in [-0.25, -0.2) is 0 Å². The number of hydrogen-bond donors (Lipinski definition) is 0. The van der Waals surface area contributed by atoms with Gasteiger partial charge in [0.25, 0.3) is 0 Å². The molecule has 0 N–H and O–H groups in total. The Labute approximate surface area is 64.1 Å². The van der Waals surface area contributed by atoms with Gasteiger partial charge in [0.15, 0.2) is 0 Å². The summed E-state index contributed by atoms with van der Waals surface area (Å²) in [6.07, 6.45) is 8.14. The van der Waals surface area contributed by atoms with Crippen LogP contribution in [0.3, 0.4) is 0 Å². The van der Waals surface area contributed by atoms with E-state index >= 15 is 0 Å². The van der Waals surface area contributed by atoms with Crippen LogP contribution in [0.4, 0.5) is 0 Å². The molecule has 1 aliphatic rings. The van der Waals surface area contributed by atoms with Crippen molar-refractivity contribution in [3.05, 3.63) is 23.2 Å². The van der Waals surface area contributed by atoms with Crippen LogP contribution in [0, 0.1) is 0 Å². The van der Waals surface area contributed by atoms with E-state index in [0.29, 0.717) is 0 Å². The fourth-order valence-corrected chi connectivity index (χ4v) is 1.02. The molecule has 0 saturated heterocycles. The van der Waals surface area contributed by atoms with Crippen molar-refractivity contribution in [1.82, 2.24) is 0 Å². The number of nitrogens with zero attached hydrogens (tertiary/aromatic N) is 1. The lowest BCUT2D eigenvalue weighted by Crippen LogP contribution is -1.79. The molecule has 0 fully saturated rings. The van der Waals surface area contributed by atoms with E-state index in [9.17, 15) is 0 Å². The molecule has 0 spiro atoms. The zero-order chi connectivity index (χ0) is 7.40. The predicted octanol–water partition coefficient (Wildman–Crippen LogP) is 2.51. The van der Waals surface area contributed by atoms with Gasteiger partial charge in [0.2, 0.25) is 0 Å². The van der Waals surface area contributed by atoms with Gasteiger partial charge in [-0.15, -0.1) is 9.24 Å². The Bertz CT molecular complexity index is 201. The second-order valence-electron chi connectivity index (χ2n) is 2.32. The van der Waals surface area contributed by atoms with Crippen molar-refractivity contribution in [2.45, 2.75) is 19.8 Å². The Morgan fingerprint density at radius 1 is 1.70 bits per heavy atom. The Balaban J connectivity index is 2.69. The van der Waals surface area contributed by atoms with Crippen LogP contribution in [-0.2, 0) is 0 Å². The summed E-state index contributed by atoms with van der Waals surface area (Å²) in [5.74, 6) is 0. The first kappa shape index (κ1) is 7.68. The fourth-order valence-electron chi connectivity index (χ4n) is 0.819. The van der Waals surface area contributed by atoms with E-state index in [4.69, 9.17) is 0 Å². The molecule has 0 aliphatic carbocycles. The van der Waals surface area contributed by atoms with Gasteiger partial charge in [-0.2, -0.15) is 0 Å². The highest BCUT2D eigenvalue weighted by molar-refractivity contribution is 7.22. The number of allylic oxidation sites excluding steroid dienone is 3. The van der Waals surface area contributed by atoms with Crippen LogP contribution in [0.1, 0.15) is 19.8 Å². The van der Waals surface area contributed by atoms with Crippen molar-refractivity contribution >= 4 is 15.5 Å². The van der Waals surface area contributed by atoms with Gasteiger partial charge in [-0.1, -0.05) is 13.0 Å². The van der Waals surface area contributed by atoms with Crippen LogP contribution in [-0.4, -0.2) is 6.21 Å². The number of aliphatic imine (C=N–C) groups is 1. The third kappa shape index (κ3) is 2.07. The minimum atomic E-state index is 1.02. The van der Waals surface area contributed by atoms with E-state index < -0.39 is 0 Å². The summed E-state index contributed by atoms with van der Waals surface area (Å²) >= 11 is 0. The maximum atomic E-state index is 4.13. The second kappa shape index (κ2) is 3.68. The molecular formula is C8H12NP. The molecular weight excluding hydrogens is 141 g/mol. The van der Waals surface area contributed by atoms with Gasteiger partial charge in [-0.05, 0) is 23.7 Å². The van der Waals surface area contributed by atoms with Crippen molar-refractivity contribution in [3.8, 4) is 0 Å². The molecule has 0 bridgehead atoms. The van der Waals surface area contributed by atoms with Crippen molar-refractivity contribution < 1.29 is 0 Å². The Hall–Kier alpha value is -0.420. The monoisotopic (exact) mass is 153 g/mol. The van der Waals surface area contributed by atoms with Gasteiger partial charge >= 0.3 is 0 Å². The van der Waals surface area contributed by atoms with Crippen molar-refractivity contribution in [2.75, 3.05) is 0 Å². The molecule has 1 rings (SSSR count). The molecule has 0 saturated carbocycles. The maximum absolute atomic E-state index is 4.13. The van der Waals surface area contributed by atoms with Gasteiger partial charge < -0.3 is 0 Å². The minimum Gasteiger partial charge on any atom is -0.264 e. The standard InChI is InChI=1S/C8H12NP/c1-2-7-3-4-8(10)6-9-5-7/h3,5-6H,2,4,10H2,1H3. The highest BCUT2D eigenvalue weighted by Gasteiger charge is 1.93. The van der Waals surface area contributed by atoms with Gasteiger partial charge in [-0.3, -0.25) is 4.99 Å². The van der Waals surface area contributed by atoms with E-state index in [0.717, 1.165) is 12.8 Å². The van der Waals surface area contributed by atoms with Crippen LogP contribution >= 0.6 is 9.24 Å². The lowest BCUT2D eigenvalue weighted by Gasteiger charge is -1.91. The summed E-state index contributed by atoms with van der Waals surface area (Å²) in [7, 11) is 2.68. The molecule has 0 amide bonds. The van der Waals surface area contributed by atoms with Gasteiger partial charge in [0.1, 0.15) is 0 Å². The Morgan fingerprint density at radius 2 is 2.50 bits per heavy atom. The topological polar surface area (TPSA) is 12.4 Å². The normalized spacial score (nSPS) is 17.8. The van der Waals surface area contributed by atoms with Crippen LogP contribution < -0.4 is 0 Å². The highest BCUT2D eigenvalue weighted by Crippen LogP contribution is 2.15. The molecule has 1 aliphatic heterocycles. The summed E-state index contributed by atoms with van der Waals surface area (Å²) in [6, 6.07) is 0. The van der Waals surface area contributed by atoms with Crippen molar-refractivity contribution in [2.24, 2.45) is 4.99 Å². The van der Waals surface area contributed by atoms with E-state index in [2.05, 4.69) is 27.2 Å². The minimum absolute atomic E-state index is 1.02. The summed E-state index contributed by atoms with van der Waals surface area (Å²) < 4.78 is 0. The van der Waals surface area contributed by atoms with Crippen LogP contribution in [0.2, 0.25) is 0 Å². The van der Waals surface area contributed by atoms with Crippen LogP contribution in [0.15, 0.2) is 28.2 Å². The second-order valence-corrected chi connectivity index (χ2v) is 3.06. The summed E-state index contributed by atoms with van der Waals surface area (Å²) in [5.41, 5.74) is 1.33. The lowest BCUT2D eigenvalue weighted by molar-refractivity contribution is 1.16. The third-order valence-electron chi connectivity index (χ3n) is 1.49. The quantitative estimate of drug-likeness (QED) is 0.513. The molecule has 1 atom stereocenters. The van der Waals surface area contributed by atoms with Gasteiger partial charge in [0, 0.05) is 12.4 Å². The number of rotatable bonds is 1. The first-order valence-corrected chi connectivity index (χ1v) is 4.07. The molecule has 1 unspecified atom stereocenters. The third-order valence-corrected chi connectivity index (χ3v) is 1.87. The summed E-state index contributed by atoms with van der Waals surface area (Å²) in [4.78, 5) is 4.13. The van der Waals surface area contributed by atoms with E-state index in [1.165, 1.54) is 10.9 Å². The maximum Gasteiger partial charge on any atom is 0.0302 e. The lowest BCUT2D eigenvalue weighted by atomic mass is 10.2. The summed E-state index contributed by atoms with van der Waals surface area (Å²) in [6.45, 7) is 2.14. The molecule has 54 valence electrons. The molecule has 1 heterocycles. The Morgan fingerprint density at radius 3 is 3.20 bits per heavy atom. The zero-order valence-electron chi connectivity index (χ0n) is 6.17. The highest BCUT2D eigenvalue weighted by atomic mass is 31.0. The average Bonchev–Trinajstić information content (AvgIpc) is 2.14. The van der Waals surface area contributed by atoms with E-state index in [1.54, 1.807) is 0 Å². The average molecular weight is 153 g/mol. The van der Waals surface area contributed by atoms with E-state index in [1.807, 2.05) is 12.4 Å². The largest absolute Gasteiger partial charge is 0.264 e. The summed E-state index contributed by atoms with van der Waals surface area (Å²) in [5, 5.41) is 1.25. The van der Waals surface area contributed by atoms with Gasteiger partial charge in [0.05, 0.1) is 0 Å². The smallest absolute Gasteiger partial charge is 0.0302 e. The fraction of sp³-hybridized carbons (Fsp3) is 0.375. The van der Waals surface area contributed by atoms with Crippen molar-refractivity contribution in [1.29, 1.82) is 0 Å². The van der Waals surface area contributed by atoms with Crippen molar-refractivity contribution in [3.63, 3.8) is 0 Å². The molecule has 0 aromatic heterocycles.